The molecule has 0 fully saturated rings. The molecule has 1 unspecified atom stereocenters. The minimum absolute atomic E-state index is 0.238. The number of methoxy groups -OCH3 is 1. The molecule has 1 N–H and O–H groups in total. The Kier molecular flexibility index (Phi) is 3.60. The maximum absolute atomic E-state index is 9.23. The maximum atomic E-state index is 9.23. The predicted octanol–water partition coefficient (Wildman–Crippen LogP) is 2.90. The molecule has 1 aromatic carbocycles. The second kappa shape index (κ2) is 4.51. The Morgan fingerprint density at radius 3 is 2.77 bits per heavy atom. The van der Waals surface area contributed by atoms with Crippen molar-refractivity contribution in [1.29, 1.82) is 0 Å². The lowest BCUT2D eigenvalue weighted by atomic mass is 10.0. The molecule has 72 valence electrons. The number of hydrogen-bond donors (Lipinski definition) is 1. The topological polar surface area (TPSA) is 29.5 Å². The van der Waals surface area contributed by atoms with Crippen LogP contribution in [0.1, 0.15) is 18.4 Å². The summed E-state index contributed by atoms with van der Waals surface area (Å²) >= 11 is 3.42. The van der Waals surface area contributed by atoms with Gasteiger partial charge in [-0.1, -0.05) is 28.9 Å². The molecular formula is C10H13BrO2. The van der Waals surface area contributed by atoms with E-state index in [2.05, 4.69) is 22.9 Å². The van der Waals surface area contributed by atoms with Crippen LogP contribution in [-0.2, 0) is 0 Å². The zero-order valence-corrected chi connectivity index (χ0v) is 9.34. The summed E-state index contributed by atoms with van der Waals surface area (Å²) < 4.78 is 5.17. The number of phenolic OH excluding ortho intramolecular Hbond substituents is 1. The molecule has 0 spiro atoms. The van der Waals surface area contributed by atoms with E-state index in [1.54, 1.807) is 19.2 Å². The standard InChI is InChI=1S/C10H13BrO2/c1-7(6-11)9-4-3-8(12)5-10(9)13-2/h3-5,7,12H,6H2,1-2H3. The molecule has 13 heavy (non-hydrogen) atoms. The fraction of sp³-hybridized carbons (Fsp3) is 0.400. The first kappa shape index (κ1) is 10.4. The van der Waals surface area contributed by atoms with Crippen molar-refractivity contribution in [2.45, 2.75) is 12.8 Å². The second-order valence-corrected chi connectivity index (χ2v) is 3.63. The largest absolute Gasteiger partial charge is 0.508 e. The van der Waals surface area contributed by atoms with Gasteiger partial charge in [0, 0.05) is 11.4 Å². The van der Waals surface area contributed by atoms with Crippen LogP contribution in [0.2, 0.25) is 0 Å². The summed E-state index contributed by atoms with van der Waals surface area (Å²) in [5, 5.41) is 10.1. The summed E-state index contributed by atoms with van der Waals surface area (Å²) in [6.45, 7) is 2.10. The smallest absolute Gasteiger partial charge is 0.126 e. The molecule has 2 nitrogen and oxygen atoms in total. The van der Waals surface area contributed by atoms with E-state index in [-0.39, 0.29) is 5.75 Å². The van der Waals surface area contributed by atoms with Gasteiger partial charge in [0.25, 0.3) is 0 Å². The molecule has 0 heterocycles. The molecule has 0 bridgehead atoms. The Bertz CT molecular complexity index is 286. The minimum atomic E-state index is 0.238. The molecule has 0 aliphatic carbocycles. The van der Waals surface area contributed by atoms with Crippen LogP contribution in [-0.4, -0.2) is 17.5 Å². The number of aromatic hydroxyl groups is 1. The predicted molar refractivity (Wildman–Crippen MR) is 56.9 cm³/mol. The highest BCUT2D eigenvalue weighted by Gasteiger charge is 2.10. The first-order chi connectivity index (χ1) is 6.19. The van der Waals surface area contributed by atoms with Crippen molar-refractivity contribution in [2.24, 2.45) is 0 Å². The van der Waals surface area contributed by atoms with Gasteiger partial charge in [0.2, 0.25) is 0 Å². The monoisotopic (exact) mass is 244 g/mol. The number of alkyl halides is 1. The molecule has 0 aliphatic heterocycles. The van der Waals surface area contributed by atoms with Gasteiger partial charge in [0.1, 0.15) is 11.5 Å². The zero-order valence-electron chi connectivity index (χ0n) is 7.75. The van der Waals surface area contributed by atoms with E-state index < -0.39 is 0 Å². The van der Waals surface area contributed by atoms with Gasteiger partial charge in [-0.3, -0.25) is 0 Å². The molecule has 1 atom stereocenters. The van der Waals surface area contributed by atoms with Crippen LogP contribution < -0.4 is 4.74 Å². The highest BCUT2D eigenvalue weighted by molar-refractivity contribution is 9.09. The van der Waals surface area contributed by atoms with Crippen LogP contribution in [0.5, 0.6) is 11.5 Å². The van der Waals surface area contributed by atoms with Crippen LogP contribution in [0, 0.1) is 0 Å². The van der Waals surface area contributed by atoms with Crippen molar-refractivity contribution < 1.29 is 9.84 Å². The molecule has 0 saturated heterocycles. The van der Waals surface area contributed by atoms with Crippen LogP contribution >= 0.6 is 15.9 Å². The Morgan fingerprint density at radius 1 is 1.54 bits per heavy atom. The van der Waals surface area contributed by atoms with Crippen molar-refractivity contribution in [1.82, 2.24) is 0 Å². The highest BCUT2D eigenvalue weighted by atomic mass is 79.9. The lowest BCUT2D eigenvalue weighted by molar-refractivity contribution is 0.401. The van der Waals surface area contributed by atoms with E-state index in [0.717, 1.165) is 16.6 Å². The second-order valence-electron chi connectivity index (χ2n) is 2.98. The Hall–Kier alpha value is -0.700. The van der Waals surface area contributed by atoms with Gasteiger partial charge >= 0.3 is 0 Å². The van der Waals surface area contributed by atoms with Crippen molar-refractivity contribution >= 4 is 15.9 Å². The van der Waals surface area contributed by atoms with Gasteiger partial charge in [-0.2, -0.15) is 0 Å². The molecule has 3 heteroatoms. The maximum Gasteiger partial charge on any atom is 0.126 e. The van der Waals surface area contributed by atoms with Gasteiger partial charge in [0.15, 0.2) is 0 Å². The summed E-state index contributed by atoms with van der Waals surface area (Å²) in [5.74, 6) is 1.37. The van der Waals surface area contributed by atoms with Crippen LogP contribution in [0.15, 0.2) is 18.2 Å². The third-order valence-corrected chi connectivity index (χ3v) is 2.95. The Balaban J connectivity index is 3.05. The fourth-order valence-corrected chi connectivity index (χ4v) is 1.54. The van der Waals surface area contributed by atoms with Crippen LogP contribution in [0.25, 0.3) is 0 Å². The minimum Gasteiger partial charge on any atom is -0.508 e. The zero-order chi connectivity index (χ0) is 9.84. The molecule has 0 radical (unpaired) electrons. The van der Waals surface area contributed by atoms with E-state index >= 15 is 0 Å². The Labute approximate surface area is 86.7 Å². The number of ether oxygens (including phenoxy) is 1. The number of rotatable bonds is 3. The summed E-state index contributed by atoms with van der Waals surface area (Å²) in [5.41, 5.74) is 1.11. The molecule has 0 amide bonds. The normalized spacial score (nSPS) is 12.5. The number of benzene rings is 1. The van der Waals surface area contributed by atoms with Crippen LogP contribution in [0.3, 0.4) is 0 Å². The molecular weight excluding hydrogens is 232 g/mol. The van der Waals surface area contributed by atoms with Crippen molar-refractivity contribution in [3.8, 4) is 11.5 Å². The molecule has 0 saturated carbocycles. The number of halogens is 1. The third kappa shape index (κ3) is 2.37. The average Bonchev–Trinajstić information content (AvgIpc) is 2.16. The van der Waals surface area contributed by atoms with Crippen molar-refractivity contribution in [3.63, 3.8) is 0 Å². The van der Waals surface area contributed by atoms with Gasteiger partial charge in [-0.05, 0) is 17.5 Å². The first-order valence-electron chi connectivity index (χ1n) is 4.12. The molecule has 0 aliphatic rings. The molecule has 0 aromatic heterocycles. The summed E-state index contributed by atoms with van der Waals surface area (Å²) in [6.07, 6.45) is 0. The van der Waals surface area contributed by atoms with Crippen molar-refractivity contribution in [2.75, 3.05) is 12.4 Å². The summed E-state index contributed by atoms with van der Waals surface area (Å²) in [6, 6.07) is 5.20. The summed E-state index contributed by atoms with van der Waals surface area (Å²) in [4.78, 5) is 0. The Morgan fingerprint density at radius 2 is 2.23 bits per heavy atom. The van der Waals surface area contributed by atoms with Crippen LogP contribution in [0.4, 0.5) is 0 Å². The van der Waals surface area contributed by atoms with Gasteiger partial charge in [0.05, 0.1) is 7.11 Å². The van der Waals surface area contributed by atoms with E-state index in [1.165, 1.54) is 0 Å². The quantitative estimate of drug-likeness (QED) is 0.829. The third-order valence-electron chi connectivity index (χ3n) is 1.98. The summed E-state index contributed by atoms with van der Waals surface area (Å²) in [7, 11) is 1.61. The lowest BCUT2D eigenvalue weighted by Gasteiger charge is -2.13. The number of hydrogen-bond acceptors (Lipinski definition) is 2. The van der Waals surface area contributed by atoms with Gasteiger partial charge in [-0.25, -0.2) is 0 Å². The SMILES string of the molecule is COc1cc(O)ccc1C(C)CBr. The molecule has 1 aromatic rings. The highest BCUT2D eigenvalue weighted by Crippen LogP contribution is 2.30. The number of phenols is 1. The fourth-order valence-electron chi connectivity index (χ4n) is 1.19. The van der Waals surface area contributed by atoms with Gasteiger partial charge in [-0.15, -0.1) is 0 Å². The molecule has 1 rings (SSSR count). The average molecular weight is 245 g/mol. The van der Waals surface area contributed by atoms with E-state index in [9.17, 15) is 5.11 Å². The van der Waals surface area contributed by atoms with E-state index in [0.29, 0.717) is 5.92 Å². The first-order valence-corrected chi connectivity index (χ1v) is 5.24. The van der Waals surface area contributed by atoms with E-state index in [1.807, 2.05) is 6.07 Å². The van der Waals surface area contributed by atoms with Crippen molar-refractivity contribution in [3.05, 3.63) is 23.8 Å². The van der Waals surface area contributed by atoms with E-state index in [4.69, 9.17) is 4.74 Å². The van der Waals surface area contributed by atoms with Gasteiger partial charge < -0.3 is 9.84 Å². The lowest BCUT2D eigenvalue weighted by Crippen LogP contribution is -1.98.